The van der Waals surface area contributed by atoms with E-state index in [-0.39, 0.29) is 6.03 Å². The van der Waals surface area contributed by atoms with E-state index < -0.39 is 0 Å². The van der Waals surface area contributed by atoms with Crippen LogP contribution in [-0.2, 0) is 0 Å². The summed E-state index contributed by atoms with van der Waals surface area (Å²) >= 11 is 5.82. The molecule has 5 heteroatoms. The molecule has 0 saturated heterocycles. The van der Waals surface area contributed by atoms with Crippen molar-refractivity contribution >= 4 is 29.0 Å². The number of pyridine rings is 1. The number of hydrogen-bond acceptors (Lipinski definition) is 2. The highest BCUT2D eigenvalue weighted by molar-refractivity contribution is 6.30. The molecule has 114 valence electrons. The average molecular weight is 324 g/mol. The van der Waals surface area contributed by atoms with Gasteiger partial charge in [-0.15, -0.1) is 0 Å². The lowest BCUT2D eigenvalue weighted by molar-refractivity contribution is 0.262. The number of urea groups is 1. The smallest absolute Gasteiger partial charge is 0.308 e. The van der Waals surface area contributed by atoms with Crippen molar-refractivity contribution in [2.75, 3.05) is 10.6 Å². The number of rotatable bonds is 3. The standard InChI is InChI=1S/C18H14ClN3O/c19-15-6-8-16(9-7-15)21-18(23)22-17-5-1-3-13(11-17)14-4-2-10-20-12-14/h1-12H,(H2,21,22,23). The van der Waals surface area contributed by atoms with Crippen molar-refractivity contribution in [1.29, 1.82) is 0 Å². The summed E-state index contributed by atoms with van der Waals surface area (Å²) in [6.45, 7) is 0. The molecule has 4 nitrogen and oxygen atoms in total. The molecule has 0 aliphatic rings. The van der Waals surface area contributed by atoms with Gasteiger partial charge in [0.1, 0.15) is 0 Å². The number of amides is 2. The monoisotopic (exact) mass is 323 g/mol. The Morgan fingerprint density at radius 3 is 2.35 bits per heavy atom. The van der Waals surface area contributed by atoms with Gasteiger partial charge in [0.05, 0.1) is 0 Å². The molecule has 2 N–H and O–H groups in total. The third kappa shape index (κ3) is 4.08. The fourth-order valence-electron chi connectivity index (χ4n) is 2.14. The van der Waals surface area contributed by atoms with Gasteiger partial charge in [-0.3, -0.25) is 4.98 Å². The summed E-state index contributed by atoms with van der Waals surface area (Å²) in [5.41, 5.74) is 3.37. The van der Waals surface area contributed by atoms with Crippen LogP contribution in [0.1, 0.15) is 0 Å². The van der Waals surface area contributed by atoms with Crippen LogP contribution in [-0.4, -0.2) is 11.0 Å². The van der Waals surface area contributed by atoms with Crippen molar-refractivity contribution in [3.05, 3.63) is 78.1 Å². The van der Waals surface area contributed by atoms with Crippen LogP contribution < -0.4 is 10.6 Å². The van der Waals surface area contributed by atoms with Gasteiger partial charge in [0, 0.05) is 34.4 Å². The zero-order valence-corrected chi connectivity index (χ0v) is 12.9. The highest BCUT2D eigenvalue weighted by atomic mass is 35.5. The molecule has 0 radical (unpaired) electrons. The number of halogens is 1. The van der Waals surface area contributed by atoms with E-state index in [0.717, 1.165) is 11.1 Å². The quantitative estimate of drug-likeness (QED) is 0.709. The van der Waals surface area contributed by atoms with Gasteiger partial charge in [-0.2, -0.15) is 0 Å². The third-order valence-electron chi connectivity index (χ3n) is 3.22. The Morgan fingerprint density at radius 1 is 0.870 bits per heavy atom. The summed E-state index contributed by atoms with van der Waals surface area (Å²) in [7, 11) is 0. The molecule has 23 heavy (non-hydrogen) atoms. The molecule has 0 fully saturated rings. The van der Waals surface area contributed by atoms with Gasteiger partial charge >= 0.3 is 6.03 Å². The first-order valence-electron chi connectivity index (χ1n) is 7.05. The maximum absolute atomic E-state index is 12.0. The van der Waals surface area contributed by atoms with Crippen LogP contribution in [0, 0.1) is 0 Å². The van der Waals surface area contributed by atoms with Crippen LogP contribution in [0.25, 0.3) is 11.1 Å². The normalized spacial score (nSPS) is 10.1. The fourth-order valence-corrected chi connectivity index (χ4v) is 2.26. The lowest BCUT2D eigenvalue weighted by Crippen LogP contribution is -2.19. The maximum atomic E-state index is 12.0. The van der Waals surface area contributed by atoms with Gasteiger partial charge in [0.15, 0.2) is 0 Å². The number of aromatic nitrogens is 1. The highest BCUT2D eigenvalue weighted by Crippen LogP contribution is 2.22. The molecule has 3 aromatic rings. The minimum absolute atomic E-state index is 0.310. The Morgan fingerprint density at radius 2 is 1.61 bits per heavy atom. The molecule has 0 aliphatic carbocycles. The van der Waals surface area contributed by atoms with E-state index in [0.29, 0.717) is 16.4 Å². The Bertz CT molecular complexity index is 804. The molecule has 0 atom stereocenters. The van der Waals surface area contributed by atoms with Crippen LogP contribution >= 0.6 is 11.6 Å². The second-order valence-electron chi connectivity index (χ2n) is 4.91. The Balaban J connectivity index is 1.70. The van der Waals surface area contributed by atoms with Crippen molar-refractivity contribution < 1.29 is 4.79 Å². The SMILES string of the molecule is O=C(Nc1ccc(Cl)cc1)Nc1cccc(-c2cccnc2)c1. The zero-order chi connectivity index (χ0) is 16.1. The van der Waals surface area contributed by atoms with Gasteiger partial charge in [-0.05, 0) is 48.0 Å². The Labute approximate surface area is 139 Å². The van der Waals surface area contributed by atoms with Crippen molar-refractivity contribution in [1.82, 2.24) is 4.98 Å². The van der Waals surface area contributed by atoms with Crippen LogP contribution in [0.3, 0.4) is 0 Å². The Hall–Kier alpha value is -2.85. The largest absolute Gasteiger partial charge is 0.323 e. The summed E-state index contributed by atoms with van der Waals surface area (Å²) < 4.78 is 0. The average Bonchev–Trinajstić information content (AvgIpc) is 2.58. The molecule has 0 bridgehead atoms. The van der Waals surface area contributed by atoms with Crippen LogP contribution in [0.4, 0.5) is 16.2 Å². The first kappa shape index (κ1) is 15.1. The van der Waals surface area contributed by atoms with E-state index in [1.54, 1.807) is 36.7 Å². The van der Waals surface area contributed by atoms with Gasteiger partial charge in [0.2, 0.25) is 0 Å². The summed E-state index contributed by atoms with van der Waals surface area (Å²) in [6.07, 6.45) is 3.51. The lowest BCUT2D eigenvalue weighted by Gasteiger charge is -2.09. The van der Waals surface area contributed by atoms with Crippen molar-refractivity contribution in [3.8, 4) is 11.1 Å². The van der Waals surface area contributed by atoms with Gasteiger partial charge in [-0.1, -0.05) is 29.8 Å². The van der Waals surface area contributed by atoms with Crippen molar-refractivity contribution in [3.63, 3.8) is 0 Å². The molecule has 0 saturated carbocycles. The van der Waals surface area contributed by atoms with Gasteiger partial charge in [-0.25, -0.2) is 4.79 Å². The number of benzene rings is 2. The predicted molar refractivity (Wildman–Crippen MR) is 93.8 cm³/mol. The molecule has 1 heterocycles. The topological polar surface area (TPSA) is 54.0 Å². The number of nitrogens with zero attached hydrogens (tertiary/aromatic N) is 1. The van der Waals surface area contributed by atoms with Crippen molar-refractivity contribution in [2.45, 2.75) is 0 Å². The number of hydrogen-bond donors (Lipinski definition) is 2. The van der Waals surface area contributed by atoms with E-state index in [2.05, 4.69) is 15.6 Å². The summed E-state index contributed by atoms with van der Waals surface area (Å²) in [6, 6.07) is 18.1. The van der Waals surface area contributed by atoms with Crippen molar-refractivity contribution in [2.24, 2.45) is 0 Å². The number of anilines is 2. The van der Waals surface area contributed by atoms with E-state index in [9.17, 15) is 4.79 Å². The van der Waals surface area contributed by atoms with Crippen LogP contribution in [0.5, 0.6) is 0 Å². The van der Waals surface area contributed by atoms with Crippen LogP contribution in [0.2, 0.25) is 5.02 Å². The first-order valence-corrected chi connectivity index (χ1v) is 7.42. The molecule has 2 amide bonds. The second kappa shape index (κ2) is 6.94. The number of carbonyl (C=O) groups excluding carboxylic acids is 1. The first-order chi connectivity index (χ1) is 11.2. The van der Waals surface area contributed by atoms with Gasteiger partial charge in [0.25, 0.3) is 0 Å². The van der Waals surface area contributed by atoms with Crippen LogP contribution in [0.15, 0.2) is 73.1 Å². The summed E-state index contributed by atoms with van der Waals surface area (Å²) in [4.78, 5) is 16.2. The molecular weight excluding hydrogens is 310 g/mol. The molecule has 2 aromatic carbocycles. The summed E-state index contributed by atoms with van der Waals surface area (Å²) in [5, 5.41) is 6.19. The fraction of sp³-hybridized carbons (Fsp3) is 0. The minimum Gasteiger partial charge on any atom is -0.308 e. The molecule has 0 unspecified atom stereocenters. The second-order valence-corrected chi connectivity index (χ2v) is 5.34. The molecule has 3 rings (SSSR count). The Kier molecular flexibility index (Phi) is 4.54. The van der Waals surface area contributed by atoms with E-state index >= 15 is 0 Å². The van der Waals surface area contributed by atoms with E-state index in [4.69, 9.17) is 11.6 Å². The lowest BCUT2D eigenvalue weighted by atomic mass is 10.1. The van der Waals surface area contributed by atoms with Gasteiger partial charge < -0.3 is 10.6 Å². The molecule has 0 aliphatic heterocycles. The number of carbonyl (C=O) groups is 1. The molecule has 1 aromatic heterocycles. The van der Waals surface area contributed by atoms with E-state index in [1.165, 1.54) is 0 Å². The highest BCUT2D eigenvalue weighted by Gasteiger charge is 2.04. The predicted octanol–water partition coefficient (Wildman–Crippen LogP) is 5.05. The molecule has 0 spiro atoms. The summed E-state index contributed by atoms with van der Waals surface area (Å²) in [5.74, 6) is 0. The molecular formula is C18H14ClN3O. The number of nitrogens with one attached hydrogen (secondary N) is 2. The third-order valence-corrected chi connectivity index (χ3v) is 3.47. The maximum Gasteiger partial charge on any atom is 0.323 e. The van der Waals surface area contributed by atoms with E-state index in [1.807, 2.05) is 36.4 Å². The zero-order valence-electron chi connectivity index (χ0n) is 12.2. The minimum atomic E-state index is -0.310.